The highest BCUT2D eigenvalue weighted by atomic mass is 35.5. The Morgan fingerprint density at radius 2 is 2.18 bits per heavy atom. The van der Waals surface area contributed by atoms with Crippen molar-refractivity contribution < 1.29 is 26.4 Å². The highest BCUT2D eigenvalue weighted by Crippen LogP contribution is 2.25. The van der Waals surface area contributed by atoms with Crippen LogP contribution in [0.15, 0.2) is 6.07 Å². The fraction of sp³-hybridized carbons (Fsp3) is 0.571. The molecule has 1 atom stereocenters. The number of halogens is 2. The van der Waals surface area contributed by atoms with E-state index in [1.165, 1.54) is 0 Å². The lowest BCUT2D eigenvalue weighted by Gasteiger charge is -2.17. The van der Waals surface area contributed by atoms with Crippen molar-refractivity contribution in [2.45, 2.75) is 26.0 Å². The van der Waals surface area contributed by atoms with Gasteiger partial charge in [-0.3, -0.25) is 5.73 Å². The molecule has 0 saturated carbocycles. The zero-order valence-electron chi connectivity index (χ0n) is 13.0. The number of nitrogens with zero attached hydrogens (tertiary/aromatic N) is 2. The molecule has 0 radical (unpaired) electrons. The molecule has 6 nitrogen and oxygen atoms in total. The predicted octanol–water partition coefficient (Wildman–Crippen LogP) is -0.911. The number of nitrogens with two attached hydrogens (primary N) is 1. The molecular weight excluding hydrogens is 327 g/mol. The van der Waals surface area contributed by atoms with Crippen LogP contribution in [0, 0.1) is 11.3 Å². The van der Waals surface area contributed by atoms with E-state index in [2.05, 4.69) is 11.4 Å². The zero-order valence-corrected chi connectivity index (χ0v) is 14.5. The van der Waals surface area contributed by atoms with E-state index >= 15 is 0 Å². The fourth-order valence-electron chi connectivity index (χ4n) is 2.07. The molecule has 0 saturated heterocycles. The van der Waals surface area contributed by atoms with Gasteiger partial charge >= 0.3 is 0 Å². The number of nitriles is 1. The predicted molar refractivity (Wildman–Crippen MR) is 82.1 cm³/mol. The Morgan fingerprint density at radius 1 is 1.50 bits per heavy atom. The quantitative estimate of drug-likeness (QED) is 0.361. The van der Waals surface area contributed by atoms with Crippen molar-refractivity contribution in [2.24, 2.45) is 0 Å². The van der Waals surface area contributed by atoms with Crippen LogP contribution in [0.3, 0.4) is 0 Å². The van der Waals surface area contributed by atoms with Crippen LogP contribution < -0.4 is 28.0 Å². The van der Waals surface area contributed by atoms with Gasteiger partial charge in [-0.15, -0.1) is 0 Å². The van der Waals surface area contributed by atoms with E-state index in [1.807, 2.05) is 6.92 Å². The van der Waals surface area contributed by atoms with Crippen molar-refractivity contribution in [1.29, 1.82) is 5.26 Å². The van der Waals surface area contributed by atoms with E-state index in [0.29, 0.717) is 36.6 Å². The molecule has 8 heteroatoms. The number of anilines is 2. The summed E-state index contributed by atoms with van der Waals surface area (Å²) in [5.74, 6) is 0.446. The van der Waals surface area contributed by atoms with Crippen LogP contribution in [0.25, 0.3) is 0 Å². The van der Waals surface area contributed by atoms with Crippen LogP contribution in [0.2, 0.25) is 5.15 Å². The Kier molecular flexibility index (Phi) is 9.86. The van der Waals surface area contributed by atoms with Gasteiger partial charge in [0.05, 0.1) is 11.8 Å². The van der Waals surface area contributed by atoms with Gasteiger partial charge in [0.15, 0.2) is 0 Å². The number of pyridine rings is 1. The molecule has 22 heavy (non-hydrogen) atoms. The normalized spacial score (nSPS) is 11.4. The molecular formula is C14H22Cl2N4O2. The molecule has 0 bridgehead atoms. The first-order valence-electron chi connectivity index (χ1n) is 6.79. The van der Waals surface area contributed by atoms with Crippen LogP contribution in [0.4, 0.5) is 11.5 Å². The summed E-state index contributed by atoms with van der Waals surface area (Å²) < 4.78 is 12.0. The third kappa shape index (κ3) is 4.89. The topological polar surface area (TPSA) is 84.2 Å². The van der Waals surface area contributed by atoms with Gasteiger partial charge in [0.25, 0.3) is 5.82 Å². The molecule has 0 aromatic carbocycles. The second-order valence-corrected chi connectivity index (χ2v) is 4.86. The van der Waals surface area contributed by atoms with Gasteiger partial charge in [-0.05, 0) is 18.0 Å². The summed E-state index contributed by atoms with van der Waals surface area (Å²) in [4.78, 5) is 0. The highest BCUT2D eigenvalue weighted by Gasteiger charge is 2.25. The average Bonchev–Trinajstić information content (AvgIpc) is 2.48. The second kappa shape index (κ2) is 10.5. The van der Waals surface area contributed by atoms with E-state index in [4.69, 9.17) is 26.8 Å². The molecule has 1 aromatic heterocycles. The van der Waals surface area contributed by atoms with Gasteiger partial charge in [0, 0.05) is 33.8 Å². The summed E-state index contributed by atoms with van der Waals surface area (Å²) >= 11 is 6.33. The molecule has 1 aromatic rings. The van der Waals surface area contributed by atoms with E-state index in [-0.39, 0.29) is 23.8 Å². The molecule has 0 spiro atoms. The minimum Gasteiger partial charge on any atom is -1.00 e. The molecule has 0 aliphatic rings. The minimum atomic E-state index is -0.299. The molecule has 0 fully saturated rings. The lowest BCUT2D eigenvalue weighted by Crippen LogP contribution is -3.00. The number of methoxy groups -OCH3 is 2. The van der Waals surface area contributed by atoms with Gasteiger partial charge in [0.2, 0.25) is 11.4 Å². The Morgan fingerprint density at radius 3 is 2.68 bits per heavy atom. The largest absolute Gasteiger partial charge is 1.00 e. The summed E-state index contributed by atoms with van der Waals surface area (Å²) in [7, 11) is 3.23. The highest BCUT2D eigenvalue weighted by molar-refractivity contribution is 6.30. The van der Waals surface area contributed by atoms with Crippen LogP contribution in [-0.2, 0) is 9.47 Å². The van der Waals surface area contributed by atoms with Gasteiger partial charge in [-0.25, -0.2) is 0 Å². The van der Waals surface area contributed by atoms with Gasteiger partial charge < -0.3 is 27.2 Å². The van der Waals surface area contributed by atoms with Crippen molar-refractivity contribution >= 4 is 23.1 Å². The Labute approximate surface area is 142 Å². The van der Waals surface area contributed by atoms with Crippen LogP contribution in [0.1, 0.15) is 31.6 Å². The Bertz CT molecular complexity index is 517. The lowest BCUT2D eigenvalue weighted by molar-refractivity contribution is -0.746. The van der Waals surface area contributed by atoms with Crippen molar-refractivity contribution in [3.8, 4) is 6.07 Å². The number of hydrogen-bond donors (Lipinski definition) is 2. The standard InChI is InChI=1S/C14H21ClN4O2.ClH/c1-4-13(21-3)19-12(17)8-11(10(9-16)14(19)15)18-6-5-7-20-2;/h8,13H,4-7H2,1-3H3,(H2,17,18);1H. The molecule has 0 aliphatic heterocycles. The monoisotopic (exact) mass is 348 g/mol. The maximum atomic E-state index is 9.35. The number of aromatic nitrogens is 1. The van der Waals surface area contributed by atoms with Gasteiger partial charge in [-0.2, -0.15) is 9.83 Å². The second-order valence-electron chi connectivity index (χ2n) is 4.50. The minimum absolute atomic E-state index is 0. The molecule has 1 rings (SSSR count). The molecule has 0 amide bonds. The molecule has 0 aliphatic carbocycles. The van der Waals surface area contributed by atoms with E-state index < -0.39 is 0 Å². The Balaban J connectivity index is 0.00000441. The summed E-state index contributed by atoms with van der Waals surface area (Å²) in [6.45, 7) is 3.27. The number of hydrogen-bond acceptors (Lipinski definition) is 5. The van der Waals surface area contributed by atoms with E-state index in [1.54, 1.807) is 24.9 Å². The molecule has 1 unspecified atom stereocenters. The van der Waals surface area contributed by atoms with Gasteiger partial charge in [0.1, 0.15) is 11.6 Å². The first-order chi connectivity index (χ1) is 10.1. The van der Waals surface area contributed by atoms with Crippen molar-refractivity contribution in [3.05, 3.63) is 16.8 Å². The summed E-state index contributed by atoms with van der Waals surface area (Å²) in [6.07, 6.45) is 1.21. The summed E-state index contributed by atoms with van der Waals surface area (Å²) in [5, 5.41) is 12.8. The number of nitrogen functional groups attached to an aromatic ring is 1. The number of rotatable bonds is 8. The SMILES string of the molecule is CCC(OC)[n+]1c(N)cc(NCCCOC)c(C#N)c1Cl.[Cl-]. The third-order valence-corrected chi connectivity index (χ3v) is 3.49. The molecule has 3 N–H and O–H groups in total. The Hall–Kier alpha value is -1.26. The van der Waals surface area contributed by atoms with E-state index in [9.17, 15) is 5.26 Å². The van der Waals surface area contributed by atoms with Crippen LogP contribution >= 0.6 is 11.6 Å². The summed E-state index contributed by atoms with van der Waals surface area (Å²) in [6, 6.07) is 3.83. The molecule has 1 heterocycles. The van der Waals surface area contributed by atoms with Gasteiger partial charge in [-0.1, -0.05) is 6.92 Å². The molecule has 124 valence electrons. The van der Waals surface area contributed by atoms with Crippen molar-refractivity contribution in [2.75, 3.05) is 38.4 Å². The lowest BCUT2D eigenvalue weighted by atomic mass is 10.2. The number of nitrogens with one attached hydrogen (secondary N) is 1. The average molecular weight is 349 g/mol. The van der Waals surface area contributed by atoms with Crippen molar-refractivity contribution in [1.82, 2.24) is 0 Å². The smallest absolute Gasteiger partial charge is 0.277 e. The zero-order chi connectivity index (χ0) is 15.8. The van der Waals surface area contributed by atoms with E-state index in [0.717, 1.165) is 6.42 Å². The fourth-order valence-corrected chi connectivity index (χ4v) is 2.42. The maximum Gasteiger partial charge on any atom is 0.277 e. The first kappa shape index (κ1) is 20.7. The van der Waals surface area contributed by atoms with Crippen LogP contribution in [0.5, 0.6) is 0 Å². The number of ether oxygens (including phenoxy) is 2. The maximum absolute atomic E-state index is 9.35. The van der Waals surface area contributed by atoms with Crippen LogP contribution in [-0.4, -0.2) is 27.4 Å². The van der Waals surface area contributed by atoms with Crippen molar-refractivity contribution in [3.63, 3.8) is 0 Å². The third-order valence-electron chi connectivity index (χ3n) is 3.12. The first-order valence-corrected chi connectivity index (χ1v) is 7.17. The summed E-state index contributed by atoms with van der Waals surface area (Å²) in [5.41, 5.74) is 7.04.